The third-order valence-corrected chi connectivity index (χ3v) is 6.85. The quantitative estimate of drug-likeness (QED) is 0.333. The van der Waals surface area contributed by atoms with Crippen LogP contribution in [0.3, 0.4) is 0 Å². The van der Waals surface area contributed by atoms with Gasteiger partial charge in [0, 0.05) is 16.4 Å². The van der Waals surface area contributed by atoms with Crippen LogP contribution >= 0.6 is 11.6 Å². The van der Waals surface area contributed by atoms with Crippen LogP contribution in [0.4, 0.5) is 21.9 Å². The van der Waals surface area contributed by atoms with Crippen molar-refractivity contribution in [2.45, 2.75) is 12.5 Å². The molecule has 2 saturated heterocycles. The van der Waals surface area contributed by atoms with E-state index >= 15 is 0 Å². The van der Waals surface area contributed by atoms with E-state index < -0.39 is 6.04 Å². The summed E-state index contributed by atoms with van der Waals surface area (Å²) in [5, 5.41) is 17.8. The second kappa shape index (κ2) is 11.9. The second-order valence-corrected chi connectivity index (χ2v) is 9.64. The number of benzene rings is 3. The van der Waals surface area contributed by atoms with Crippen LogP contribution in [-0.2, 0) is 25.6 Å². The van der Waals surface area contributed by atoms with E-state index in [1.807, 2.05) is 30.3 Å². The number of carbonyl (C=O) groups is 2. The molecule has 0 radical (unpaired) electrons. The molecule has 2 fully saturated rings. The van der Waals surface area contributed by atoms with Gasteiger partial charge >= 0.3 is 6.09 Å². The Morgan fingerprint density at radius 3 is 2.51 bits per heavy atom. The zero-order valence-corrected chi connectivity index (χ0v) is 22.4. The number of rotatable bonds is 8. The molecule has 41 heavy (non-hydrogen) atoms. The van der Waals surface area contributed by atoms with Crippen molar-refractivity contribution in [2.75, 3.05) is 41.9 Å². The Bertz CT molecular complexity index is 1500. The first kappa shape index (κ1) is 26.7. The van der Waals surface area contributed by atoms with Crippen molar-refractivity contribution >= 4 is 40.7 Å². The lowest BCUT2D eigenvalue weighted by Gasteiger charge is -2.38. The first-order chi connectivity index (χ1) is 20.0. The van der Waals surface area contributed by atoms with E-state index in [1.54, 1.807) is 47.4 Å². The maximum absolute atomic E-state index is 13.6. The molecule has 14 heteroatoms. The van der Waals surface area contributed by atoms with Crippen LogP contribution in [0.5, 0.6) is 0 Å². The number of ether oxygens (including phenoxy) is 1. The Morgan fingerprint density at radius 2 is 1.83 bits per heavy atom. The van der Waals surface area contributed by atoms with Crippen molar-refractivity contribution in [1.29, 1.82) is 0 Å². The number of hydrogen-bond acceptors (Lipinski definition) is 10. The number of halogens is 1. The molecule has 3 aromatic carbocycles. The molecule has 0 spiro atoms. The fourth-order valence-corrected chi connectivity index (χ4v) is 4.72. The van der Waals surface area contributed by atoms with Crippen molar-refractivity contribution in [3.63, 3.8) is 0 Å². The Kier molecular flexibility index (Phi) is 7.73. The normalized spacial score (nSPS) is 16.5. The molecule has 4 aromatic rings. The van der Waals surface area contributed by atoms with Gasteiger partial charge in [0.2, 0.25) is 5.91 Å². The summed E-state index contributed by atoms with van der Waals surface area (Å²) in [5.41, 5.74) is 3.46. The minimum Gasteiger partial charge on any atom is -0.447 e. The molecule has 3 heterocycles. The van der Waals surface area contributed by atoms with E-state index in [0.29, 0.717) is 47.3 Å². The minimum atomic E-state index is -0.717. The third kappa shape index (κ3) is 5.98. The number of amides is 2. The fraction of sp³-hybridized carbons (Fsp3) is 0.222. The highest BCUT2D eigenvalue weighted by molar-refractivity contribution is 6.31. The summed E-state index contributed by atoms with van der Waals surface area (Å²) < 4.78 is 6.49. The number of aromatic nitrogens is 4. The van der Waals surface area contributed by atoms with Gasteiger partial charge in [-0.15, -0.1) is 10.2 Å². The van der Waals surface area contributed by atoms with Gasteiger partial charge in [-0.25, -0.2) is 9.86 Å². The van der Waals surface area contributed by atoms with E-state index in [4.69, 9.17) is 26.0 Å². The lowest BCUT2D eigenvalue weighted by Crippen LogP contribution is -2.52. The summed E-state index contributed by atoms with van der Waals surface area (Å²) >= 11 is 6.27. The van der Waals surface area contributed by atoms with Crippen molar-refractivity contribution in [3.8, 4) is 5.69 Å². The van der Waals surface area contributed by atoms with Crippen LogP contribution in [0.15, 0.2) is 79.1 Å². The molecule has 1 unspecified atom stereocenters. The van der Waals surface area contributed by atoms with Crippen molar-refractivity contribution in [2.24, 2.45) is 0 Å². The van der Waals surface area contributed by atoms with Gasteiger partial charge < -0.3 is 10.1 Å². The Morgan fingerprint density at radius 1 is 1.00 bits per heavy atom. The van der Waals surface area contributed by atoms with Gasteiger partial charge in [-0.2, -0.15) is 4.68 Å². The van der Waals surface area contributed by atoms with E-state index in [0.717, 1.165) is 5.56 Å². The molecule has 2 aliphatic rings. The summed E-state index contributed by atoms with van der Waals surface area (Å²) in [7, 11) is 0. The molecule has 13 nitrogen and oxygen atoms in total. The molecule has 1 atom stereocenters. The lowest BCUT2D eigenvalue weighted by atomic mass is 10.0. The highest BCUT2D eigenvalue weighted by atomic mass is 35.5. The molecule has 2 aliphatic heterocycles. The van der Waals surface area contributed by atoms with E-state index in [-0.39, 0.29) is 25.5 Å². The predicted molar refractivity (Wildman–Crippen MR) is 148 cm³/mol. The first-order valence-corrected chi connectivity index (χ1v) is 13.1. The van der Waals surface area contributed by atoms with Gasteiger partial charge in [0.25, 0.3) is 0 Å². The summed E-state index contributed by atoms with van der Waals surface area (Å²) in [5.74, 6) is -0.281. The molecule has 6 rings (SSSR count). The predicted octanol–water partition coefficient (Wildman–Crippen LogP) is 3.42. The number of hydrogen-bond donors (Lipinski definition) is 1. The van der Waals surface area contributed by atoms with Crippen LogP contribution < -0.4 is 15.3 Å². The van der Waals surface area contributed by atoms with Crippen LogP contribution in [0, 0.1) is 0 Å². The highest BCUT2D eigenvalue weighted by Crippen LogP contribution is 2.30. The van der Waals surface area contributed by atoms with Crippen molar-refractivity contribution in [1.82, 2.24) is 25.3 Å². The highest BCUT2D eigenvalue weighted by Gasteiger charge is 2.33. The Balaban J connectivity index is 1.17. The van der Waals surface area contributed by atoms with E-state index in [9.17, 15) is 9.59 Å². The van der Waals surface area contributed by atoms with Crippen LogP contribution in [0.1, 0.15) is 5.56 Å². The van der Waals surface area contributed by atoms with Gasteiger partial charge in [-0.05, 0) is 64.9 Å². The third-order valence-electron chi connectivity index (χ3n) is 6.61. The average molecular weight is 577 g/mol. The zero-order valence-electron chi connectivity index (χ0n) is 21.7. The van der Waals surface area contributed by atoms with Gasteiger partial charge in [0.15, 0.2) is 13.5 Å². The van der Waals surface area contributed by atoms with Crippen molar-refractivity contribution in [3.05, 3.63) is 89.7 Å². The number of nitrogens with one attached hydrogen (secondary N) is 1. The maximum atomic E-state index is 13.6. The molecule has 0 saturated carbocycles. The molecule has 0 bridgehead atoms. The number of anilines is 3. The zero-order chi connectivity index (χ0) is 28.2. The monoisotopic (exact) mass is 576 g/mol. The van der Waals surface area contributed by atoms with Gasteiger partial charge in [-0.1, -0.05) is 41.9 Å². The van der Waals surface area contributed by atoms with Gasteiger partial charge in [-0.3, -0.25) is 19.4 Å². The Labute approximate surface area is 239 Å². The second-order valence-electron chi connectivity index (χ2n) is 9.21. The number of cyclic esters (lactones) is 1. The molecule has 1 N–H and O–H groups in total. The summed E-state index contributed by atoms with van der Waals surface area (Å²) in [6.07, 6.45) is 1.46. The number of tetrazole rings is 1. The van der Waals surface area contributed by atoms with Gasteiger partial charge in [0.05, 0.1) is 17.9 Å². The maximum Gasteiger partial charge on any atom is 0.414 e. The molecule has 1 aromatic heterocycles. The number of nitrogens with zero attached hydrogens (tertiary/aromatic N) is 7. The lowest BCUT2D eigenvalue weighted by molar-refractivity contribution is -0.279. The molecular formula is C27H25ClN8O5. The van der Waals surface area contributed by atoms with Gasteiger partial charge in [0.1, 0.15) is 19.0 Å². The smallest absolute Gasteiger partial charge is 0.414 e. The minimum absolute atomic E-state index is 0.0192. The largest absolute Gasteiger partial charge is 0.447 e. The summed E-state index contributed by atoms with van der Waals surface area (Å²) in [4.78, 5) is 39.1. The topological polar surface area (TPSA) is 127 Å². The molecule has 210 valence electrons. The molecule has 0 aliphatic carbocycles. The summed E-state index contributed by atoms with van der Waals surface area (Å²) in [6, 6.07) is 21.2. The van der Waals surface area contributed by atoms with Crippen LogP contribution in [0.2, 0.25) is 5.02 Å². The average Bonchev–Trinajstić information content (AvgIpc) is 3.69. The number of hydroxylamine groups is 3. The Hall–Kier alpha value is -4.56. The van der Waals surface area contributed by atoms with Crippen LogP contribution in [-0.4, -0.2) is 69.9 Å². The molecular weight excluding hydrogens is 552 g/mol. The van der Waals surface area contributed by atoms with E-state index in [2.05, 4.69) is 20.8 Å². The SMILES string of the molecule is O=C(Nc1ccc(N2CCOC2=O)cc1)C(Cc1ccccc1)N1CON(c2cc(Cl)ccc2-n2cnnn2)CO1. The molecule has 2 amide bonds. The first-order valence-electron chi connectivity index (χ1n) is 12.8. The fourth-order valence-electron chi connectivity index (χ4n) is 4.55. The van der Waals surface area contributed by atoms with E-state index in [1.165, 1.54) is 21.1 Å². The number of carbonyl (C=O) groups excluding carboxylic acids is 2. The standard InChI is InChI=1S/C27H25ClN8O5/c28-20-6-11-23(34-16-29-31-32-34)24(15-20)35-17-41-36(18-40-35)25(14-19-4-2-1-3-5-19)26(37)30-21-7-9-22(10-8-21)33-12-13-39-27(33)38/h1-11,15-16,25H,12-14,17-18H2,(H,30,37). The van der Waals surface area contributed by atoms with Crippen LogP contribution in [0.25, 0.3) is 5.69 Å². The summed E-state index contributed by atoms with van der Waals surface area (Å²) in [6.45, 7) is 0.778. The van der Waals surface area contributed by atoms with Crippen molar-refractivity contribution < 1.29 is 24.0 Å².